The van der Waals surface area contributed by atoms with Gasteiger partial charge < -0.3 is 15.5 Å². The van der Waals surface area contributed by atoms with Gasteiger partial charge in [0.05, 0.1) is 0 Å². The maximum absolute atomic E-state index is 8.90. The lowest BCUT2D eigenvalue weighted by molar-refractivity contribution is 0.399. The van der Waals surface area contributed by atoms with Gasteiger partial charge in [-0.25, -0.2) is 0 Å². The van der Waals surface area contributed by atoms with Crippen molar-refractivity contribution < 1.29 is 10.2 Å². The standard InChI is InChI=1S/C8H11NO.C2H6.CH4O/c1-2-9-7-3-5-8(10)6-4-7;2*1-2/h3-6,9-10H,2H2,1H3;1-2H3;2H,1H3. The number of hydrogen-bond donors (Lipinski definition) is 3. The molecule has 0 unspecified atom stereocenters. The van der Waals surface area contributed by atoms with E-state index in [1.165, 1.54) is 0 Å². The number of benzene rings is 1. The molecule has 1 aromatic carbocycles. The van der Waals surface area contributed by atoms with E-state index >= 15 is 0 Å². The van der Waals surface area contributed by atoms with Gasteiger partial charge in [0.15, 0.2) is 0 Å². The number of hydrogen-bond acceptors (Lipinski definition) is 3. The van der Waals surface area contributed by atoms with Crippen molar-refractivity contribution in [1.82, 2.24) is 0 Å². The van der Waals surface area contributed by atoms with Crippen molar-refractivity contribution in [2.24, 2.45) is 0 Å². The Kier molecular flexibility index (Phi) is 12.8. The molecular formula is C11H21NO2. The molecule has 1 aromatic rings. The predicted octanol–water partition coefficient (Wildman–Crippen LogP) is 2.46. The van der Waals surface area contributed by atoms with Crippen molar-refractivity contribution in [2.75, 3.05) is 19.0 Å². The number of aliphatic hydroxyl groups is 1. The van der Waals surface area contributed by atoms with Crippen LogP contribution < -0.4 is 5.32 Å². The fourth-order valence-corrected chi connectivity index (χ4v) is 0.783. The average Bonchev–Trinajstić information content (AvgIpc) is 2.28. The first-order chi connectivity index (χ1) is 6.83. The Bertz CT molecular complexity index is 197. The number of phenols is 1. The number of aliphatic hydroxyl groups excluding tert-OH is 1. The monoisotopic (exact) mass is 199 g/mol. The molecule has 3 nitrogen and oxygen atoms in total. The first-order valence-corrected chi connectivity index (χ1v) is 4.80. The van der Waals surface area contributed by atoms with Crippen LogP contribution in [0.5, 0.6) is 5.75 Å². The van der Waals surface area contributed by atoms with Crippen LogP contribution in [0, 0.1) is 0 Å². The maximum Gasteiger partial charge on any atom is 0.115 e. The second-order valence-electron chi connectivity index (χ2n) is 2.08. The van der Waals surface area contributed by atoms with Gasteiger partial charge in [-0.2, -0.15) is 0 Å². The van der Waals surface area contributed by atoms with E-state index in [1.807, 2.05) is 32.9 Å². The van der Waals surface area contributed by atoms with Gasteiger partial charge in [0, 0.05) is 19.3 Å². The van der Waals surface area contributed by atoms with E-state index in [0.717, 1.165) is 19.3 Å². The molecule has 3 heteroatoms. The predicted molar refractivity (Wildman–Crippen MR) is 61.8 cm³/mol. The van der Waals surface area contributed by atoms with E-state index in [1.54, 1.807) is 12.1 Å². The van der Waals surface area contributed by atoms with Gasteiger partial charge in [-0.1, -0.05) is 13.8 Å². The third-order valence-corrected chi connectivity index (χ3v) is 1.25. The molecule has 0 spiro atoms. The van der Waals surface area contributed by atoms with E-state index in [2.05, 4.69) is 5.32 Å². The van der Waals surface area contributed by atoms with Crippen molar-refractivity contribution >= 4 is 5.69 Å². The molecular weight excluding hydrogens is 178 g/mol. The molecule has 82 valence electrons. The van der Waals surface area contributed by atoms with E-state index < -0.39 is 0 Å². The molecule has 0 saturated carbocycles. The normalized spacial score (nSPS) is 7.50. The zero-order valence-corrected chi connectivity index (χ0v) is 9.41. The van der Waals surface area contributed by atoms with Crippen molar-refractivity contribution in [1.29, 1.82) is 0 Å². The first-order valence-electron chi connectivity index (χ1n) is 4.80. The fourth-order valence-electron chi connectivity index (χ4n) is 0.783. The molecule has 1 rings (SSSR count). The highest BCUT2D eigenvalue weighted by Gasteiger charge is 1.87. The topological polar surface area (TPSA) is 52.5 Å². The summed E-state index contributed by atoms with van der Waals surface area (Å²) in [6.07, 6.45) is 0. The van der Waals surface area contributed by atoms with Crippen LogP contribution in [0.3, 0.4) is 0 Å². The Morgan fingerprint density at radius 2 is 1.50 bits per heavy atom. The minimum atomic E-state index is 0.307. The van der Waals surface area contributed by atoms with E-state index in [9.17, 15) is 0 Å². The summed E-state index contributed by atoms with van der Waals surface area (Å²) < 4.78 is 0. The van der Waals surface area contributed by atoms with Crippen molar-refractivity contribution in [3.8, 4) is 5.75 Å². The second-order valence-corrected chi connectivity index (χ2v) is 2.08. The Morgan fingerprint density at radius 3 is 1.86 bits per heavy atom. The average molecular weight is 199 g/mol. The molecule has 0 radical (unpaired) electrons. The minimum Gasteiger partial charge on any atom is -0.508 e. The lowest BCUT2D eigenvalue weighted by Gasteiger charge is -2.00. The highest BCUT2D eigenvalue weighted by molar-refractivity contribution is 5.45. The highest BCUT2D eigenvalue weighted by Crippen LogP contribution is 2.12. The van der Waals surface area contributed by atoms with Gasteiger partial charge >= 0.3 is 0 Å². The van der Waals surface area contributed by atoms with Gasteiger partial charge in [0.2, 0.25) is 0 Å². The number of phenolic OH excluding ortho intramolecular Hbond substituents is 1. The quantitative estimate of drug-likeness (QED) is 0.641. The molecule has 0 saturated heterocycles. The molecule has 0 atom stereocenters. The van der Waals surface area contributed by atoms with Crippen LogP contribution >= 0.6 is 0 Å². The van der Waals surface area contributed by atoms with Crippen LogP contribution in [-0.4, -0.2) is 23.9 Å². The van der Waals surface area contributed by atoms with E-state index in [-0.39, 0.29) is 0 Å². The SMILES string of the molecule is CC.CCNc1ccc(O)cc1.CO. The molecule has 0 aliphatic carbocycles. The second kappa shape index (κ2) is 11.8. The third-order valence-electron chi connectivity index (χ3n) is 1.25. The molecule has 0 aromatic heterocycles. The zero-order valence-electron chi connectivity index (χ0n) is 9.41. The van der Waals surface area contributed by atoms with Crippen molar-refractivity contribution in [3.63, 3.8) is 0 Å². The number of rotatable bonds is 2. The smallest absolute Gasteiger partial charge is 0.115 e. The molecule has 0 aliphatic heterocycles. The zero-order chi connectivity index (χ0) is 11.4. The summed E-state index contributed by atoms with van der Waals surface area (Å²) in [5, 5.41) is 19.0. The van der Waals surface area contributed by atoms with E-state index in [4.69, 9.17) is 10.2 Å². The lowest BCUT2D eigenvalue weighted by atomic mass is 10.3. The number of nitrogens with one attached hydrogen (secondary N) is 1. The maximum atomic E-state index is 8.90. The summed E-state index contributed by atoms with van der Waals surface area (Å²) in [5.41, 5.74) is 1.04. The van der Waals surface area contributed by atoms with Crippen LogP contribution in [0.2, 0.25) is 0 Å². The van der Waals surface area contributed by atoms with Crippen molar-refractivity contribution in [2.45, 2.75) is 20.8 Å². The molecule has 14 heavy (non-hydrogen) atoms. The van der Waals surface area contributed by atoms with Crippen LogP contribution in [-0.2, 0) is 0 Å². The van der Waals surface area contributed by atoms with Gasteiger partial charge in [-0.3, -0.25) is 0 Å². The lowest BCUT2D eigenvalue weighted by Crippen LogP contribution is -1.94. The molecule has 0 aliphatic rings. The number of anilines is 1. The van der Waals surface area contributed by atoms with E-state index in [0.29, 0.717) is 5.75 Å². The van der Waals surface area contributed by atoms with Crippen LogP contribution in [0.1, 0.15) is 20.8 Å². The summed E-state index contributed by atoms with van der Waals surface area (Å²) in [6.45, 7) is 6.94. The summed E-state index contributed by atoms with van der Waals surface area (Å²) in [6, 6.07) is 7.02. The summed E-state index contributed by atoms with van der Waals surface area (Å²) >= 11 is 0. The Balaban J connectivity index is 0. The molecule has 3 N–H and O–H groups in total. The van der Waals surface area contributed by atoms with Crippen molar-refractivity contribution in [3.05, 3.63) is 24.3 Å². The summed E-state index contributed by atoms with van der Waals surface area (Å²) in [5.74, 6) is 0.307. The van der Waals surface area contributed by atoms with Crippen LogP contribution in [0.4, 0.5) is 5.69 Å². The summed E-state index contributed by atoms with van der Waals surface area (Å²) in [4.78, 5) is 0. The van der Waals surface area contributed by atoms with Crippen LogP contribution in [0.15, 0.2) is 24.3 Å². The minimum absolute atomic E-state index is 0.307. The van der Waals surface area contributed by atoms with Crippen LogP contribution in [0.25, 0.3) is 0 Å². The molecule has 0 fully saturated rings. The third kappa shape index (κ3) is 7.43. The van der Waals surface area contributed by atoms with Gasteiger partial charge in [0.25, 0.3) is 0 Å². The fraction of sp³-hybridized carbons (Fsp3) is 0.455. The Hall–Kier alpha value is -1.22. The summed E-state index contributed by atoms with van der Waals surface area (Å²) in [7, 11) is 1.00. The molecule has 0 bridgehead atoms. The molecule has 0 amide bonds. The Morgan fingerprint density at radius 1 is 1.07 bits per heavy atom. The van der Waals surface area contributed by atoms with Gasteiger partial charge in [0.1, 0.15) is 5.75 Å². The largest absolute Gasteiger partial charge is 0.508 e. The van der Waals surface area contributed by atoms with Gasteiger partial charge in [-0.05, 0) is 31.2 Å². The van der Waals surface area contributed by atoms with Gasteiger partial charge in [-0.15, -0.1) is 0 Å². The number of aromatic hydroxyl groups is 1. The Labute approximate surface area is 86.4 Å². The first kappa shape index (κ1) is 15.3. The molecule has 0 heterocycles. The highest BCUT2D eigenvalue weighted by atomic mass is 16.3.